The van der Waals surface area contributed by atoms with Crippen LogP contribution in [0.3, 0.4) is 0 Å². The van der Waals surface area contributed by atoms with Gasteiger partial charge in [0.2, 0.25) is 0 Å². The van der Waals surface area contributed by atoms with E-state index in [9.17, 15) is 17.7 Å². The van der Waals surface area contributed by atoms with Crippen molar-refractivity contribution in [3.63, 3.8) is 0 Å². The third-order valence-electron chi connectivity index (χ3n) is 5.93. The van der Waals surface area contributed by atoms with Crippen molar-refractivity contribution in [3.8, 4) is 18.2 Å². The van der Waals surface area contributed by atoms with Crippen LogP contribution >= 0.6 is 0 Å². The molecule has 1 radical (unpaired) electrons. The zero-order valence-corrected chi connectivity index (χ0v) is 39.8. The number of halogens is 4. The Kier molecular flexibility index (Phi) is 148. The number of ketones is 1. The standard InChI is InChI=1S/C6H15N.C6H14O.C6H10O.2C6H12.3C2H3N.CH4.3CH3.BF3.FH.2Ru/c1-4-7(5-2)6-3;2*1-5(2)4-6(3)7;2*1-6-4-2-3-5-6;3*1-2-3;;;;;2-1(3)4;;;/h4-6H2,1-3H3;5-7H,4H2,1-3H3;4H,1-3H3;2*6H,2-5H2,1H3;3*1H3;1H4;3*1H3;;1H;;/q;;;;;;;;;3*-1;;;+1;+2/p-1. The van der Waals surface area contributed by atoms with Gasteiger partial charge < -0.3 is 37.0 Å². The van der Waals surface area contributed by atoms with Crippen molar-refractivity contribution >= 4 is 13.3 Å². The predicted molar refractivity (Wildman–Crippen MR) is 219 cm³/mol. The molecule has 0 bridgehead atoms. The zero-order chi connectivity index (χ0) is 37.9. The first-order chi connectivity index (χ1) is 21.4. The topological polar surface area (TPSA) is 112 Å². The first-order valence-corrected chi connectivity index (χ1v) is 16.8. The van der Waals surface area contributed by atoms with Crippen LogP contribution in [-0.2, 0) is 43.8 Å². The number of carbonyl (C=O) groups excluding carboxylic acids is 1. The summed E-state index contributed by atoms with van der Waals surface area (Å²) in [6.45, 7) is 30.5. The number of hydrogen-bond acceptors (Lipinski definition) is 6. The molecule has 0 aromatic heterocycles. The summed E-state index contributed by atoms with van der Waals surface area (Å²) in [6.07, 6.45) is 14.3. The summed E-state index contributed by atoms with van der Waals surface area (Å²) in [7, 11) is -3.67. The Hall–Kier alpha value is -1.17. The smallest absolute Gasteiger partial charge is 1.00 e. The summed E-state index contributed by atoms with van der Waals surface area (Å²) in [5.41, 5.74) is 1.06. The average molecular weight is 943 g/mol. The van der Waals surface area contributed by atoms with E-state index in [2.05, 4.69) is 53.4 Å². The molecule has 2 aliphatic carbocycles. The SMILES string of the molecule is C.CC#N.CC#N.CC#N.CC(=O)C=C(C)C.CC(C)CC(C)O.CC1CCCC1.CC1CCCC1.CCN(CC)CC.FB(F)F.[CH3-].[CH3-].[CH3-].[F-].[Ru+2].[Ru+]. The fraction of sp³-hybridized carbons (Fsp3) is 0.775. The average Bonchev–Trinajstić information content (AvgIpc) is 3.59. The second kappa shape index (κ2) is 83.7. The van der Waals surface area contributed by atoms with Gasteiger partial charge in [0, 0.05) is 20.8 Å². The molecule has 1 unspecified atom stereocenters. The minimum atomic E-state index is -3.67. The maximum absolute atomic E-state index is 10.2. The molecule has 0 aromatic rings. The van der Waals surface area contributed by atoms with Gasteiger partial charge in [-0.15, -0.1) is 0 Å². The fourth-order valence-electron chi connectivity index (χ4n) is 4.02. The van der Waals surface area contributed by atoms with Gasteiger partial charge in [-0.05, 0) is 77.6 Å². The molecule has 2 aliphatic rings. The molecule has 2 rings (SSSR count). The third kappa shape index (κ3) is 168. The zero-order valence-electron chi connectivity index (χ0n) is 36.3. The fourth-order valence-corrected chi connectivity index (χ4v) is 4.02. The molecule has 0 aliphatic heterocycles. The van der Waals surface area contributed by atoms with E-state index in [1.807, 2.05) is 20.8 Å². The molecule has 1 atom stereocenters. The van der Waals surface area contributed by atoms with Gasteiger partial charge in [-0.1, -0.05) is 113 Å². The van der Waals surface area contributed by atoms with E-state index in [-0.39, 0.29) is 85.3 Å². The summed E-state index contributed by atoms with van der Waals surface area (Å²) < 4.78 is 29.0. The Morgan fingerprint density at radius 1 is 0.774 bits per heavy atom. The molecule has 53 heavy (non-hydrogen) atoms. The first-order valence-electron chi connectivity index (χ1n) is 16.8. The second-order valence-electron chi connectivity index (χ2n) is 11.6. The molecule has 0 heterocycles. The van der Waals surface area contributed by atoms with E-state index in [0.29, 0.717) is 5.92 Å². The van der Waals surface area contributed by atoms with Crippen LogP contribution in [0.2, 0.25) is 0 Å². The van der Waals surface area contributed by atoms with Gasteiger partial charge in [-0.2, -0.15) is 15.8 Å². The third-order valence-corrected chi connectivity index (χ3v) is 5.93. The monoisotopic (exact) mass is 944 g/mol. The Morgan fingerprint density at radius 2 is 0.981 bits per heavy atom. The van der Waals surface area contributed by atoms with E-state index < -0.39 is 7.54 Å². The van der Waals surface area contributed by atoms with E-state index >= 15 is 0 Å². The normalized spacial score (nSPS) is 11.1. The molecule has 6 nitrogen and oxygen atoms in total. The molecule has 0 saturated heterocycles. The molecule has 0 amide bonds. The first kappa shape index (κ1) is 93.6. The van der Waals surface area contributed by atoms with Crippen LogP contribution in [-0.4, -0.2) is 49.1 Å². The number of aliphatic hydroxyl groups excluding tert-OH is 1. The van der Waals surface area contributed by atoms with Gasteiger partial charge in [0.15, 0.2) is 5.78 Å². The van der Waals surface area contributed by atoms with Gasteiger partial charge in [0.1, 0.15) is 0 Å². The van der Waals surface area contributed by atoms with Crippen LogP contribution < -0.4 is 4.70 Å². The van der Waals surface area contributed by atoms with Gasteiger partial charge in [-0.25, -0.2) is 0 Å². The molecule has 0 spiro atoms. The summed E-state index contributed by atoms with van der Waals surface area (Å²) in [4.78, 5) is 12.6. The summed E-state index contributed by atoms with van der Waals surface area (Å²) in [5.74, 6) is 2.84. The predicted octanol–water partition coefficient (Wildman–Crippen LogP) is 10.2. The molecule has 325 valence electrons. The van der Waals surface area contributed by atoms with Gasteiger partial charge in [-0.3, -0.25) is 17.7 Å². The molecular formula is C40H85BF4N4O2Ru2-. The van der Waals surface area contributed by atoms with Crippen LogP contribution in [0.5, 0.6) is 0 Å². The largest absolute Gasteiger partial charge is 2.00 e. The molecule has 0 aromatic carbocycles. The second-order valence-corrected chi connectivity index (χ2v) is 11.6. The number of allylic oxidation sites excluding steroid dienone is 2. The van der Waals surface area contributed by atoms with E-state index in [1.54, 1.807) is 31.2 Å². The van der Waals surface area contributed by atoms with Gasteiger partial charge in [0.05, 0.1) is 24.3 Å². The van der Waals surface area contributed by atoms with Crippen molar-refractivity contribution in [1.29, 1.82) is 15.8 Å². The van der Waals surface area contributed by atoms with E-state index in [1.165, 1.54) is 91.8 Å². The van der Waals surface area contributed by atoms with Gasteiger partial charge >= 0.3 is 46.5 Å². The van der Waals surface area contributed by atoms with Crippen molar-refractivity contribution in [2.24, 2.45) is 17.8 Å². The number of carbonyl (C=O) groups is 1. The minimum absolute atomic E-state index is 0. The maximum Gasteiger partial charge on any atom is 2.00 e. The molecule has 1 N–H and O–H groups in total. The number of nitrogens with zero attached hydrogens (tertiary/aromatic N) is 4. The number of nitriles is 3. The van der Waals surface area contributed by atoms with E-state index in [0.717, 1.165) is 23.8 Å². The number of hydrogen-bond donors (Lipinski definition) is 1. The van der Waals surface area contributed by atoms with Crippen molar-refractivity contribution < 1.29 is 66.5 Å². The number of rotatable bonds is 6. The Balaban J connectivity index is -0.0000000269. The maximum atomic E-state index is 10.2. The number of aliphatic hydroxyl groups is 1. The molecule has 2 saturated carbocycles. The van der Waals surface area contributed by atoms with Crippen molar-refractivity contribution in [2.75, 3.05) is 19.6 Å². The Bertz CT molecular complexity index is 688. The quantitative estimate of drug-likeness (QED) is 0.123. The van der Waals surface area contributed by atoms with Crippen LogP contribution in [0, 0.1) is 74.0 Å². The summed E-state index contributed by atoms with van der Waals surface area (Å²) >= 11 is 0. The van der Waals surface area contributed by atoms with Crippen LogP contribution in [0.25, 0.3) is 0 Å². The van der Waals surface area contributed by atoms with E-state index in [4.69, 9.17) is 20.9 Å². The molecule has 2 fully saturated rings. The molecule has 13 heteroatoms. The minimum Gasteiger partial charge on any atom is -1.00 e. The summed E-state index contributed by atoms with van der Waals surface area (Å²) in [5, 5.41) is 30.7. The Morgan fingerprint density at radius 3 is 1.00 bits per heavy atom. The summed E-state index contributed by atoms with van der Waals surface area (Å²) in [6, 6.07) is 5.25. The molecular weight excluding hydrogens is 857 g/mol. The van der Waals surface area contributed by atoms with Gasteiger partial charge in [0.25, 0.3) is 0 Å². The van der Waals surface area contributed by atoms with Crippen molar-refractivity contribution in [3.05, 3.63) is 33.9 Å². The van der Waals surface area contributed by atoms with Crippen LogP contribution in [0.4, 0.5) is 12.9 Å². The Labute approximate surface area is 356 Å². The van der Waals surface area contributed by atoms with Crippen molar-refractivity contribution in [2.45, 2.75) is 168 Å². The van der Waals surface area contributed by atoms with Crippen LogP contribution in [0.1, 0.15) is 162 Å². The van der Waals surface area contributed by atoms with Crippen LogP contribution in [0.15, 0.2) is 11.6 Å². The van der Waals surface area contributed by atoms with Crippen molar-refractivity contribution in [1.82, 2.24) is 4.90 Å².